The standard InChI is InChI=1S/C10H22N4O2/c1-6(8(11)14-16)12-7(2)9(15)13-10(3,4)5/h6-7,12,16H,1-5H3,(H2,11,14)(H,13,15). The second kappa shape index (κ2) is 5.69. The summed E-state index contributed by atoms with van der Waals surface area (Å²) >= 11 is 0. The zero-order chi connectivity index (χ0) is 12.9. The Morgan fingerprint density at radius 3 is 2.19 bits per heavy atom. The van der Waals surface area contributed by atoms with Gasteiger partial charge in [0.2, 0.25) is 5.91 Å². The summed E-state index contributed by atoms with van der Waals surface area (Å²) in [4.78, 5) is 11.7. The summed E-state index contributed by atoms with van der Waals surface area (Å²) in [6, 6.07) is -0.764. The Balaban J connectivity index is 4.26. The number of nitrogens with zero attached hydrogens (tertiary/aromatic N) is 1. The van der Waals surface area contributed by atoms with Crippen LogP contribution in [0.4, 0.5) is 0 Å². The van der Waals surface area contributed by atoms with Gasteiger partial charge in [-0.1, -0.05) is 5.16 Å². The maximum Gasteiger partial charge on any atom is 0.237 e. The molecule has 94 valence electrons. The summed E-state index contributed by atoms with van der Waals surface area (Å²) in [7, 11) is 0. The van der Waals surface area contributed by atoms with Gasteiger partial charge in [-0.2, -0.15) is 0 Å². The van der Waals surface area contributed by atoms with Crippen molar-refractivity contribution in [1.29, 1.82) is 0 Å². The van der Waals surface area contributed by atoms with E-state index in [0.717, 1.165) is 0 Å². The molecular weight excluding hydrogens is 208 g/mol. The predicted molar refractivity (Wildman–Crippen MR) is 63.4 cm³/mol. The normalized spacial score (nSPS) is 16.7. The second-order valence-electron chi connectivity index (χ2n) is 4.87. The number of nitrogens with two attached hydrogens (primary N) is 1. The highest BCUT2D eigenvalue weighted by Crippen LogP contribution is 1.99. The summed E-state index contributed by atoms with van der Waals surface area (Å²) in [5, 5.41) is 17.1. The Kier molecular flexibility index (Phi) is 5.23. The van der Waals surface area contributed by atoms with E-state index in [-0.39, 0.29) is 23.3 Å². The van der Waals surface area contributed by atoms with Crippen molar-refractivity contribution in [2.45, 2.75) is 52.2 Å². The highest BCUT2D eigenvalue weighted by molar-refractivity contribution is 5.87. The van der Waals surface area contributed by atoms with Crippen LogP contribution in [0.3, 0.4) is 0 Å². The van der Waals surface area contributed by atoms with Crippen molar-refractivity contribution in [2.24, 2.45) is 10.9 Å². The van der Waals surface area contributed by atoms with Crippen molar-refractivity contribution < 1.29 is 10.0 Å². The number of rotatable bonds is 4. The molecule has 6 nitrogen and oxygen atoms in total. The number of amides is 1. The quantitative estimate of drug-likeness (QED) is 0.237. The van der Waals surface area contributed by atoms with Crippen molar-refractivity contribution >= 4 is 11.7 Å². The first-order valence-electron chi connectivity index (χ1n) is 5.23. The molecule has 0 saturated carbocycles. The molecular formula is C10H22N4O2. The Bertz CT molecular complexity index is 270. The summed E-state index contributed by atoms with van der Waals surface area (Å²) in [5.41, 5.74) is 5.13. The van der Waals surface area contributed by atoms with E-state index in [4.69, 9.17) is 10.9 Å². The first-order chi connectivity index (χ1) is 7.17. The third-order valence-corrected chi connectivity index (χ3v) is 1.95. The van der Waals surface area contributed by atoms with E-state index in [0.29, 0.717) is 0 Å². The number of oxime groups is 1. The molecule has 0 fully saturated rings. The molecule has 1 amide bonds. The molecule has 0 aromatic heterocycles. The smallest absolute Gasteiger partial charge is 0.237 e. The molecule has 2 unspecified atom stereocenters. The van der Waals surface area contributed by atoms with Crippen molar-refractivity contribution in [2.75, 3.05) is 0 Å². The SMILES string of the molecule is CC(NC(C)C(N)=NO)C(=O)NC(C)(C)C. The largest absolute Gasteiger partial charge is 0.409 e. The van der Waals surface area contributed by atoms with Crippen molar-refractivity contribution in [1.82, 2.24) is 10.6 Å². The maximum atomic E-state index is 11.7. The average molecular weight is 230 g/mol. The van der Waals surface area contributed by atoms with Gasteiger partial charge in [-0.15, -0.1) is 0 Å². The third kappa shape index (κ3) is 5.55. The first kappa shape index (κ1) is 14.7. The van der Waals surface area contributed by atoms with Gasteiger partial charge in [0, 0.05) is 5.54 Å². The lowest BCUT2D eigenvalue weighted by atomic mass is 10.1. The van der Waals surface area contributed by atoms with Gasteiger partial charge in [-0.05, 0) is 34.6 Å². The van der Waals surface area contributed by atoms with Crippen LogP contribution in [0, 0.1) is 0 Å². The van der Waals surface area contributed by atoms with Gasteiger partial charge in [0.05, 0.1) is 12.1 Å². The topological polar surface area (TPSA) is 99.7 Å². The van der Waals surface area contributed by atoms with Crippen LogP contribution in [0.2, 0.25) is 0 Å². The van der Waals surface area contributed by atoms with E-state index >= 15 is 0 Å². The van der Waals surface area contributed by atoms with Gasteiger partial charge >= 0.3 is 0 Å². The summed E-state index contributed by atoms with van der Waals surface area (Å²) < 4.78 is 0. The fourth-order valence-corrected chi connectivity index (χ4v) is 1.10. The van der Waals surface area contributed by atoms with Gasteiger partial charge in [-0.3, -0.25) is 10.1 Å². The maximum absolute atomic E-state index is 11.7. The third-order valence-electron chi connectivity index (χ3n) is 1.95. The average Bonchev–Trinajstić information content (AvgIpc) is 2.13. The number of hydrogen-bond donors (Lipinski definition) is 4. The van der Waals surface area contributed by atoms with Crippen LogP contribution < -0.4 is 16.4 Å². The molecule has 0 heterocycles. The Labute approximate surface area is 96.3 Å². The highest BCUT2D eigenvalue weighted by atomic mass is 16.4. The molecule has 0 bridgehead atoms. The monoisotopic (exact) mass is 230 g/mol. The van der Waals surface area contributed by atoms with Crippen LogP contribution in [-0.4, -0.2) is 34.6 Å². The van der Waals surface area contributed by atoms with Gasteiger partial charge in [0.1, 0.15) is 0 Å². The molecule has 0 aliphatic carbocycles. The van der Waals surface area contributed by atoms with Gasteiger partial charge in [-0.25, -0.2) is 0 Å². The highest BCUT2D eigenvalue weighted by Gasteiger charge is 2.21. The summed E-state index contributed by atoms with van der Waals surface area (Å²) in [6.45, 7) is 9.16. The fourth-order valence-electron chi connectivity index (χ4n) is 1.10. The second-order valence-corrected chi connectivity index (χ2v) is 4.87. The van der Waals surface area contributed by atoms with Gasteiger partial charge < -0.3 is 16.3 Å². The number of carbonyl (C=O) groups excluding carboxylic acids is 1. The molecule has 0 radical (unpaired) electrons. The molecule has 16 heavy (non-hydrogen) atoms. The molecule has 2 atom stereocenters. The fraction of sp³-hybridized carbons (Fsp3) is 0.800. The van der Waals surface area contributed by atoms with E-state index in [1.807, 2.05) is 20.8 Å². The molecule has 0 aliphatic rings. The molecule has 0 aliphatic heterocycles. The molecule has 5 N–H and O–H groups in total. The summed E-state index contributed by atoms with van der Waals surface area (Å²) in [5.74, 6) is -0.0690. The predicted octanol–water partition coefficient (Wildman–Crippen LogP) is 0.0141. The van der Waals surface area contributed by atoms with Crippen LogP contribution in [0.5, 0.6) is 0 Å². The number of hydrogen-bond acceptors (Lipinski definition) is 4. The lowest BCUT2D eigenvalue weighted by molar-refractivity contribution is -0.124. The van der Waals surface area contributed by atoms with Crippen LogP contribution in [0.1, 0.15) is 34.6 Å². The zero-order valence-electron chi connectivity index (χ0n) is 10.5. The van der Waals surface area contributed by atoms with Crippen molar-refractivity contribution in [3.05, 3.63) is 0 Å². The Hall–Kier alpha value is -1.30. The van der Waals surface area contributed by atoms with Gasteiger partial charge in [0.25, 0.3) is 0 Å². The van der Waals surface area contributed by atoms with E-state index in [1.54, 1.807) is 13.8 Å². The van der Waals surface area contributed by atoms with Crippen LogP contribution in [-0.2, 0) is 4.79 Å². The van der Waals surface area contributed by atoms with Crippen molar-refractivity contribution in [3.8, 4) is 0 Å². The van der Waals surface area contributed by atoms with Crippen molar-refractivity contribution in [3.63, 3.8) is 0 Å². The molecule has 0 rings (SSSR count). The van der Waals surface area contributed by atoms with Crippen LogP contribution in [0.15, 0.2) is 5.16 Å². The lowest BCUT2D eigenvalue weighted by Gasteiger charge is -2.25. The van der Waals surface area contributed by atoms with Crippen LogP contribution in [0.25, 0.3) is 0 Å². The first-order valence-corrected chi connectivity index (χ1v) is 5.23. The molecule has 0 saturated heterocycles. The van der Waals surface area contributed by atoms with E-state index < -0.39 is 6.04 Å². The number of nitrogens with one attached hydrogen (secondary N) is 2. The molecule has 0 aromatic rings. The number of carbonyl (C=O) groups is 1. The van der Waals surface area contributed by atoms with E-state index in [2.05, 4.69) is 15.8 Å². The van der Waals surface area contributed by atoms with E-state index in [9.17, 15) is 4.79 Å². The van der Waals surface area contributed by atoms with E-state index in [1.165, 1.54) is 0 Å². The zero-order valence-corrected chi connectivity index (χ0v) is 10.5. The Morgan fingerprint density at radius 1 is 1.31 bits per heavy atom. The minimum Gasteiger partial charge on any atom is -0.409 e. The summed E-state index contributed by atoms with van der Waals surface area (Å²) in [6.07, 6.45) is 0. The molecule has 0 spiro atoms. The molecule has 0 aromatic carbocycles. The van der Waals surface area contributed by atoms with Crippen LogP contribution >= 0.6 is 0 Å². The Morgan fingerprint density at radius 2 is 1.81 bits per heavy atom. The van der Waals surface area contributed by atoms with Gasteiger partial charge in [0.15, 0.2) is 5.84 Å². The number of amidine groups is 1. The minimum atomic E-state index is -0.408. The lowest BCUT2D eigenvalue weighted by Crippen LogP contribution is -2.53. The minimum absolute atomic E-state index is 0.0513. The molecule has 6 heteroatoms.